The number of ketones is 1. The van der Waals surface area contributed by atoms with Gasteiger partial charge >= 0.3 is 0 Å². The van der Waals surface area contributed by atoms with Crippen molar-refractivity contribution in [2.45, 2.75) is 26.7 Å². The minimum Gasteiger partial charge on any atom is -0.490 e. The van der Waals surface area contributed by atoms with Gasteiger partial charge in [0, 0.05) is 12.0 Å². The second-order valence-electron chi connectivity index (χ2n) is 6.12. The fourth-order valence-electron chi connectivity index (χ4n) is 2.84. The lowest BCUT2D eigenvalue weighted by molar-refractivity contribution is -0.118. The summed E-state index contributed by atoms with van der Waals surface area (Å²) >= 11 is 0. The number of carbonyl (C=O) groups excluding carboxylic acids is 2. The molecule has 4 heteroatoms. The van der Waals surface area contributed by atoms with Gasteiger partial charge in [0.25, 0.3) is 0 Å². The van der Waals surface area contributed by atoms with E-state index in [0.717, 1.165) is 5.56 Å². The summed E-state index contributed by atoms with van der Waals surface area (Å²) in [4.78, 5) is 26.0. The molecule has 2 aromatic carbocycles. The van der Waals surface area contributed by atoms with Crippen LogP contribution in [0.15, 0.2) is 42.5 Å². The van der Waals surface area contributed by atoms with Gasteiger partial charge in [-0.1, -0.05) is 29.8 Å². The third kappa shape index (κ3) is 3.48. The van der Waals surface area contributed by atoms with E-state index in [9.17, 15) is 9.59 Å². The van der Waals surface area contributed by atoms with E-state index in [-0.39, 0.29) is 11.7 Å². The summed E-state index contributed by atoms with van der Waals surface area (Å²) in [5.41, 5.74) is 3.65. The number of hydrogen-bond donors (Lipinski definition) is 0. The molecule has 0 aliphatic carbocycles. The Morgan fingerprint density at radius 2 is 1.88 bits per heavy atom. The molecule has 0 atom stereocenters. The molecule has 1 aliphatic heterocycles. The minimum absolute atomic E-state index is 0.0181. The van der Waals surface area contributed by atoms with Crippen LogP contribution in [-0.2, 0) is 11.2 Å². The first-order valence-corrected chi connectivity index (χ1v) is 8.18. The van der Waals surface area contributed by atoms with E-state index in [1.54, 1.807) is 23.1 Å². The number of benzene rings is 2. The van der Waals surface area contributed by atoms with E-state index in [0.29, 0.717) is 43.0 Å². The molecule has 0 radical (unpaired) electrons. The summed E-state index contributed by atoms with van der Waals surface area (Å²) in [5, 5.41) is 0. The Labute approximate surface area is 142 Å². The Bertz CT molecular complexity index is 765. The maximum absolute atomic E-state index is 12.7. The van der Waals surface area contributed by atoms with Gasteiger partial charge in [-0.3, -0.25) is 9.59 Å². The molecule has 0 aromatic heterocycles. The van der Waals surface area contributed by atoms with Crippen LogP contribution in [0.25, 0.3) is 0 Å². The van der Waals surface area contributed by atoms with E-state index in [2.05, 4.69) is 24.3 Å². The molecule has 0 N–H and O–H groups in total. The van der Waals surface area contributed by atoms with Crippen LogP contribution in [-0.4, -0.2) is 24.8 Å². The summed E-state index contributed by atoms with van der Waals surface area (Å²) in [7, 11) is 0. The van der Waals surface area contributed by atoms with Gasteiger partial charge in [0.05, 0.1) is 12.2 Å². The highest BCUT2D eigenvalue weighted by Crippen LogP contribution is 2.33. The quantitative estimate of drug-likeness (QED) is 0.808. The number of rotatable bonds is 4. The predicted molar refractivity (Wildman–Crippen MR) is 93.8 cm³/mol. The Kier molecular flexibility index (Phi) is 4.65. The van der Waals surface area contributed by atoms with Gasteiger partial charge in [-0.25, -0.2) is 0 Å². The van der Waals surface area contributed by atoms with Crippen molar-refractivity contribution in [3.05, 3.63) is 59.2 Å². The number of fused-ring (bicyclic) bond motifs is 1. The number of amides is 1. The molecule has 0 saturated carbocycles. The molecule has 4 nitrogen and oxygen atoms in total. The van der Waals surface area contributed by atoms with Gasteiger partial charge in [0.15, 0.2) is 5.78 Å². The van der Waals surface area contributed by atoms with E-state index >= 15 is 0 Å². The van der Waals surface area contributed by atoms with Crippen molar-refractivity contribution < 1.29 is 14.3 Å². The van der Waals surface area contributed by atoms with E-state index in [4.69, 9.17) is 4.74 Å². The molecule has 0 unspecified atom stereocenters. The molecule has 3 rings (SSSR count). The zero-order valence-corrected chi connectivity index (χ0v) is 14.0. The first-order valence-electron chi connectivity index (χ1n) is 8.18. The average molecular weight is 323 g/mol. The smallest absolute Gasteiger partial charge is 0.227 e. The number of hydrogen-bond acceptors (Lipinski definition) is 3. The van der Waals surface area contributed by atoms with Crippen LogP contribution in [0.3, 0.4) is 0 Å². The molecule has 1 amide bonds. The summed E-state index contributed by atoms with van der Waals surface area (Å²) in [5.74, 6) is 0.700. The van der Waals surface area contributed by atoms with Gasteiger partial charge in [-0.2, -0.15) is 0 Å². The van der Waals surface area contributed by atoms with Crippen LogP contribution >= 0.6 is 0 Å². The third-order valence-electron chi connectivity index (χ3n) is 4.28. The Morgan fingerprint density at radius 1 is 1.12 bits per heavy atom. The Balaban J connectivity index is 1.75. The molecule has 1 aliphatic rings. The highest BCUT2D eigenvalue weighted by molar-refractivity contribution is 5.99. The summed E-state index contributed by atoms with van der Waals surface area (Å²) in [6.45, 7) is 4.56. The molecule has 24 heavy (non-hydrogen) atoms. The molecule has 0 saturated heterocycles. The number of anilines is 1. The van der Waals surface area contributed by atoms with Gasteiger partial charge in [-0.15, -0.1) is 0 Å². The summed E-state index contributed by atoms with van der Waals surface area (Å²) < 4.78 is 5.61. The second kappa shape index (κ2) is 6.87. The maximum atomic E-state index is 12.7. The minimum atomic E-state index is -0.0181. The van der Waals surface area contributed by atoms with Crippen molar-refractivity contribution in [2.24, 2.45) is 0 Å². The van der Waals surface area contributed by atoms with Crippen LogP contribution in [0.1, 0.15) is 34.8 Å². The molecule has 124 valence electrons. The SMILES string of the molecule is CC(=O)c1ccc2c(c1)N(C(=O)CCc1ccc(C)cc1)CCO2. The summed E-state index contributed by atoms with van der Waals surface area (Å²) in [6.07, 6.45) is 1.14. The van der Waals surface area contributed by atoms with Gasteiger partial charge < -0.3 is 9.64 Å². The highest BCUT2D eigenvalue weighted by Gasteiger charge is 2.24. The molecule has 0 fully saturated rings. The van der Waals surface area contributed by atoms with Crippen LogP contribution in [0, 0.1) is 6.92 Å². The topological polar surface area (TPSA) is 46.6 Å². The molecule has 0 bridgehead atoms. The Morgan fingerprint density at radius 3 is 2.58 bits per heavy atom. The van der Waals surface area contributed by atoms with E-state index < -0.39 is 0 Å². The largest absolute Gasteiger partial charge is 0.490 e. The number of Topliss-reactive ketones (excluding diaryl/α,β-unsaturated/α-hetero) is 1. The molecular weight excluding hydrogens is 302 g/mol. The standard InChI is InChI=1S/C20H21NO3/c1-14-3-5-16(6-4-14)7-10-20(23)21-11-12-24-19-9-8-17(15(2)22)13-18(19)21/h3-6,8-9,13H,7,10-12H2,1-2H3. The third-order valence-corrected chi connectivity index (χ3v) is 4.28. The first kappa shape index (κ1) is 16.2. The number of aryl methyl sites for hydroxylation is 2. The Hall–Kier alpha value is -2.62. The molecule has 1 heterocycles. The lowest BCUT2D eigenvalue weighted by atomic mass is 10.1. The van der Waals surface area contributed by atoms with Crippen LogP contribution in [0.2, 0.25) is 0 Å². The summed E-state index contributed by atoms with van der Waals surface area (Å²) in [6, 6.07) is 13.5. The highest BCUT2D eigenvalue weighted by atomic mass is 16.5. The number of carbonyl (C=O) groups is 2. The lowest BCUT2D eigenvalue weighted by Crippen LogP contribution is -2.38. The predicted octanol–water partition coefficient (Wildman–Crippen LogP) is 3.56. The molecule has 0 spiro atoms. The average Bonchev–Trinajstić information content (AvgIpc) is 2.60. The van der Waals surface area contributed by atoms with Crippen molar-refractivity contribution in [3.63, 3.8) is 0 Å². The molecular formula is C20H21NO3. The van der Waals surface area contributed by atoms with E-state index in [1.165, 1.54) is 12.5 Å². The maximum Gasteiger partial charge on any atom is 0.227 e. The van der Waals surface area contributed by atoms with Gasteiger partial charge in [0.1, 0.15) is 12.4 Å². The van der Waals surface area contributed by atoms with E-state index in [1.807, 2.05) is 6.92 Å². The number of nitrogens with zero attached hydrogens (tertiary/aromatic N) is 1. The van der Waals surface area contributed by atoms with Crippen molar-refractivity contribution in [2.75, 3.05) is 18.1 Å². The second-order valence-corrected chi connectivity index (χ2v) is 6.12. The van der Waals surface area contributed by atoms with Crippen LogP contribution in [0.4, 0.5) is 5.69 Å². The molecule has 2 aromatic rings. The van der Waals surface area contributed by atoms with Crippen molar-refractivity contribution in [1.29, 1.82) is 0 Å². The van der Waals surface area contributed by atoms with Crippen LogP contribution < -0.4 is 9.64 Å². The lowest BCUT2D eigenvalue weighted by Gasteiger charge is -2.30. The first-order chi connectivity index (χ1) is 11.5. The normalized spacial score (nSPS) is 13.2. The monoisotopic (exact) mass is 323 g/mol. The van der Waals surface area contributed by atoms with Crippen molar-refractivity contribution in [1.82, 2.24) is 0 Å². The van der Waals surface area contributed by atoms with Crippen molar-refractivity contribution >= 4 is 17.4 Å². The zero-order valence-electron chi connectivity index (χ0n) is 14.0. The van der Waals surface area contributed by atoms with Gasteiger partial charge in [-0.05, 0) is 44.0 Å². The van der Waals surface area contributed by atoms with Crippen molar-refractivity contribution in [3.8, 4) is 5.75 Å². The fraction of sp³-hybridized carbons (Fsp3) is 0.300. The number of ether oxygens (including phenoxy) is 1. The fourth-order valence-corrected chi connectivity index (χ4v) is 2.84. The van der Waals surface area contributed by atoms with Crippen LogP contribution in [0.5, 0.6) is 5.75 Å². The zero-order chi connectivity index (χ0) is 17.1. The van der Waals surface area contributed by atoms with Gasteiger partial charge in [0.2, 0.25) is 5.91 Å².